The highest BCUT2D eigenvalue weighted by Crippen LogP contribution is 2.30. The number of nitrogens with zero attached hydrogens (tertiary/aromatic N) is 2. The molecule has 1 aromatic carbocycles. The molecule has 0 saturated carbocycles. The molecule has 4 N–H and O–H groups in total. The van der Waals surface area contributed by atoms with E-state index in [1.165, 1.54) is 7.11 Å². The van der Waals surface area contributed by atoms with Gasteiger partial charge in [0.1, 0.15) is 5.75 Å². The average Bonchev–Trinajstić information content (AvgIpc) is 2.77. The molecule has 31 heavy (non-hydrogen) atoms. The maximum absolute atomic E-state index is 12.9. The smallest absolute Gasteiger partial charge is 0.255 e. The van der Waals surface area contributed by atoms with Crippen molar-refractivity contribution in [3.05, 3.63) is 22.7 Å². The first kappa shape index (κ1) is 24.0. The maximum atomic E-state index is 12.9. The van der Waals surface area contributed by atoms with Crippen LogP contribution in [0.4, 0.5) is 5.69 Å². The summed E-state index contributed by atoms with van der Waals surface area (Å²) in [4.78, 5) is 18.5. The Bertz CT molecular complexity index is 792. The minimum Gasteiger partial charge on any atom is -0.496 e. The number of thiocarbonyl (C=S) groups is 1. The molecule has 2 aliphatic heterocycles. The van der Waals surface area contributed by atoms with Crippen LogP contribution in [0.2, 0.25) is 5.02 Å². The fourth-order valence-electron chi connectivity index (χ4n) is 4.58. The van der Waals surface area contributed by atoms with Gasteiger partial charge >= 0.3 is 0 Å². The van der Waals surface area contributed by atoms with Crippen LogP contribution in [0.15, 0.2) is 12.1 Å². The quantitative estimate of drug-likeness (QED) is 0.437. The van der Waals surface area contributed by atoms with Crippen LogP contribution in [0.5, 0.6) is 5.75 Å². The normalized spacial score (nSPS) is 19.6. The first-order valence-electron chi connectivity index (χ1n) is 10.9. The molecule has 2 saturated heterocycles. The number of carbonyl (C=O) groups is 1. The highest BCUT2D eigenvalue weighted by atomic mass is 35.5. The first-order valence-corrected chi connectivity index (χ1v) is 11.7. The zero-order chi connectivity index (χ0) is 22.5. The molecule has 0 aliphatic carbocycles. The lowest BCUT2D eigenvalue weighted by molar-refractivity contribution is 0.0875. The van der Waals surface area contributed by atoms with Crippen LogP contribution in [-0.2, 0) is 0 Å². The van der Waals surface area contributed by atoms with Crippen LogP contribution in [0.1, 0.15) is 36.0 Å². The van der Waals surface area contributed by atoms with Gasteiger partial charge in [0.2, 0.25) is 0 Å². The number of halogens is 1. The number of rotatable bonds is 6. The largest absolute Gasteiger partial charge is 0.496 e. The number of benzene rings is 1. The first-order chi connectivity index (χ1) is 14.8. The van der Waals surface area contributed by atoms with Gasteiger partial charge in [-0.2, -0.15) is 0 Å². The Morgan fingerprint density at radius 1 is 1.29 bits per heavy atom. The standard InChI is InChI=1S/C22H34ClN5O2S/c1-27(2)22(31)20(14-4-8-25-9-5-14)28-10-6-15(7-11-28)26-21(29)16-12-17(23)18(24)13-19(16)30-3/h12-15,20,25H,4-11,24H2,1-3H3,(H,26,29). The number of methoxy groups -OCH3 is 1. The number of hydrogen-bond donors (Lipinski definition) is 3. The third kappa shape index (κ3) is 5.80. The minimum atomic E-state index is -0.184. The molecule has 9 heteroatoms. The summed E-state index contributed by atoms with van der Waals surface area (Å²) >= 11 is 12.0. The third-order valence-electron chi connectivity index (χ3n) is 6.35. The number of nitrogens with two attached hydrogens (primary N) is 1. The fraction of sp³-hybridized carbons (Fsp3) is 0.636. The van der Waals surface area contributed by atoms with Crippen molar-refractivity contribution in [2.75, 3.05) is 53.1 Å². The Kier molecular flexibility index (Phi) is 8.38. The van der Waals surface area contributed by atoms with E-state index in [9.17, 15) is 4.79 Å². The van der Waals surface area contributed by atoms with Crippen molar-refractivity contribution in [2.45, 2.75) is 37.8 Å². The van der Waals surface area contributed by atoms with Crippen LogP contribution in [-0.4, -0.2) is 80.2 Å². The zero-order valence-corrected chi connectivity index (χ0v) is 20.2. The third-order valence-corrected chi connectivity index (χ3v) is 7.28. The second-order valence-electron chi connectivity index (χ2n) is 8.62. The van der Waals surface area contributed by atoms with E-state index in [-0.39, 0.29) is 18.0 Å². The molecule has 0 bridgehead atoms. The number of ether oxygens (including phenoxy) is 1. The number of piperidine rings is 2. The molecule has 0 radical (unpaired) electrons. The summed E-state index contributed by atoms with van der Waals surface area (Å²) in [6, 6.07) is 3.54. The van der Waals surface area contributed by atoms with Crippen LogP contribution in [0.25, 0.3) is 0 Å². The summed E-state index contributed by atoms with van der Waals surface area (Å²) in [6.45, 7) is 3.92. The molecule has 0 aromatic heterocycles. The second kappa shape index (κ2) is 10.8. The van der Waals surface area contributed by atoms with E-state index in [1.54, 1.807) is 12.1 Å². The topological polar surface area (TPSA) is 82.9 Å². The summed E-state index contributed by atoms with van der Waals surface area (Å²) in [5.41, 5.74) is 6.63. The molecular weight excluding hydrogens is 434 g/mol. The molecule has 1 amide bonds. The summed E-state index contributed by atoms with van der Waals surface area (Å²) in [5.74, 6) is 0.818. The lowest BCUT2D eigenvalue weighted by Gasteiger charge is -2.44. The molecule has 1 unspecified atom stereocenters. The van der Waals surface area contributed by atoms with E-state index in [4.69, 9.17) is 34.3 Å². The molecule has 0 spiro atoms. The average molecular weight is 468 g/mol. The minimum absolute atomic E-state index is 0.103. The van der Waals surface area contributed by atoms with Gasteiger partial charge in [0, 0.05) is 39.3 Å². The predicted molar refractivity (Wildman–Crippen MR) is 130 cm³/mol. The van der Waals surface area contributed by atoms with Crippen LogP contribution in [0.3, 0.4) is 0 Å². The van der Waals surface area contributed by atoms with Crippen LogP contribution in [0, 0.1) is 5.92 Å². The monoisotopic (exact) mass is 467 g/mol. The number of likely N-dealkylation sites (N-methyl/N-ethyl adjacent to an activating group) is 1. The van der Waals surface area contributed by atoms with E-state index in [1.807, 2.05) is 14.1 Å². The SMILES string of the molecule is COc1cc(N)c(Cl)cc1C(=O)NC1CCN(C(C(=S)N(C)C)C2CCNCC2)CC1. The number of nitrogen functional groups attached to an aromatic ring is 1. The Morgan fingerprint density at radius 2 is 1.94 bits per heavy atom. The molecule has 172 valence electrons. The van der Waals surface area contributed by atoms with Crippen molar-refractivity contribution >= 4 is 40.4 Å². The van der Waals surface area contributed by atoms with Gasteiger partial charge in [-0.3, -0.25) is 9.69 Å². The molecule has 7 nitrogen and oxygen atoms in total. The van der Waals surface area contributed by atoms with Gasteiger partial charge in [-0.15, -0.1) is 0 Å². The van der Waals surface area contributed by atoms with Gasteiger partial charge in [0.25, 0.3) is 5.91 Å². The van der Waals surface area contributed by atoms with Crippen LogP contribution >= 0.6 is 23.8 Å². The maximum Gasteiger partial charge on any atom is 0.255 e. The number of nitrogens with one attached hydrogen (secondary N) is 2. The molecule has 1 aromatic rings. The van der Waals surface area contributed by atoms with E-state index < -0.39 is 0 Å². The molecule has 2 heterocycles. The molecular formula is C22H34ClN5O2S. The Morgan fingerprint density at radius 3 is 2.52 bits per heavy atom. The van der Waals surface area contributed by atoms with Crippen molar-refractivity contribution in [1.29, 1.82) is 0 Å². The number of amides is 1. The zero-order valence-electron chi connectivity index (χ0n) is 18.6. The van der Waals surface area contributed by atoms with Crippen molar-refractivity contribution in [1.82, 2.24) is 20.4 Å². The Balaban J connectivity index is 1.63. The van der Waals surface area contributed by atoms with E-state index >= 15 is 0 Å². The molecule has 2 aliphatic rings. The summed E-state index contributed by atoms with van der Waals surface area (Å²) in [7, 11) is 5.59. The van der Waals surface area contributed by atoms with Gasteiger partial charge in [0.15, 0.2) is 0 Å². The highest BCUT2D eigenvalue weighted by molar-refractivity contribution is 7.80. The van der Waals surface area contributed by atoms with Gasteiger partial charge in [0.05, 0.1) is 34.4 Å². The van der Waals surface area contributed by atoms with Crippen LogP contribution < -0.4 is 21.1 Å². The molecule has 2 fully saturated rings. The van der Waals surface area contributed by atoms with Crippen molar-refractivity contribution < 1.29 is 9.53 Å². The van der Waals surface area contributed by atoms with Crippen molar-refractivity contribution in [2.24, 2.45) is 5.92 Å². The van der Waals surface area contributed by atoms with E-state index in [0.29, 0.717) is 27.9 Å². The highest BCUT2D eigenvalue weighted by Gasteiger charge is 2.35. The lowest BCUT2D eigenvalue weighted by Crippen LogP contribution is -2.56. The second-order valence-corrected chi connectivity index (χ2v) is 9.45. The lowest BCUT2D eigenvalue weighted by atomic mass is 9.87. The number of anilines is 1. The van der Waals surface area contributed by atoms with Crippen molar-refractivity contribution in [3.63, 3.8) is 0 Å². The Labute approximate surface area is 195 Å². The van der Waals surface area contributed by atoms with E-state index in [2.05, 4.69) is 20.4 Å². The number of carbonyl (C=O) groups excluding carboxylic acids is 1. The fourth-order valence-corrected chi connectivity index (χ4v) is 5.09. The molecule has 1 atom stereocenters. The van der Waals surface area contributed by atoms with Gasteiger partial charge in [-0.05, 0) is 50.8 Å². The Hall–Kier alpha value is -1.61. The number of likely N-dealkylation sites (tertiary alicyclic amines) is 1. The summed E-state index contributed by atoms with van der Waals surface area (Å²) in [6.07, 6.45) is 4.06. The number of hydrogen-bond acceptors (Lipinski definition) is 6. The molecule has 3 rings (SSSR count). The summed E-state index contributed by atoms with van der Waals surface area (Å²) < 4.78 is 5.32. The van der Waals surface area contributed by atoms with Gasteiger partial charge in [-0.25, -0.2) is 0 Å². The van der Waals surface area contributed by atoms with E-state index in [0.717, 1.165) is 56.9 Å². The van der Waals surface area contributed by atoms with Crippen molar-refractivity contribution in [3.8, 4) is 5.75 Å². The van der Waals surface area contributed by atoms with Gasteiger partial charge in [-0.1, -0.05) is 23.8 Å². The summed E-state index contributed by atoms with van der Waals surface area (Å²) in [5, 5.41) is 6.95. The predicted octanol–water partition coefficient (Wildman–Crippen LogP) is 2.38. The van der Waals surface area contributed by atoms with Gasteiger partial charge < -0.3 is 26.0 Å².